The van der Waals surface area contributed by atoms with Gasteiger partial charge in [-0.3, -0.25) is 24.4 Å². The van der Waals surface area contributed by atoms with Crippen LogP contribution in [0.25, 0.3) is 11.0 Å². The van der Waals surface area contributed by atoms with Crippen LogP contribution in [0.5, 0.6) is 5.88 Å². The number of hydrogen-bond donors (Lipinski definition) is 2. The van der Waals surface area contributed by atoms with Crippen LogP contribution < -0.4 is 15.0 Å². The Labute approximate surface area is 241 Å². The summed E-state index contributed by atoms with van der Waals surface area (Å²) in [5, 5.41) is 12.1. The number of nitrogens with zero attached hydrogens (tertiary/aromatic N) is 4. The van der Waals surface area contributed by atoms with Gasteiger partial charge in [0, 0.05) is 35.9 Å². The molecule has 2 aromatic heterocycles. The monoisotopic (exact) mass is 587 g/mol. The number of cyclic esters (lactones) is 1. The molecule has 40 heavy (non-hydrogen) atoms. The number of anilines is 2. The number of carbonyl (C=O) groups is 3. The molecule has 1 aromatic carbocycles. The van der Waals surface area contributed by atoms with Crippen LogP contribution in [0.3, 0.4) is 0 Å². The number of carboxylic acids is 1. The number of pyridine rings is 2. The Balaban J connectivity index is 0.00000370. The summed E-state index contributed by atoms with van der Waals surface area (Å²) < 4.78 is 10.9. The van der Waals surface area contributed by atoms with Gasteiger partial charge in [0.05, 0.1) is 42.5 Å². The number of benzene rings is 1. The van der Waals surface area contributed by atoms with E-state index >= 15 is 0 Å². The molecule has 2 aliphatic heterocycles. The second kappa shape index (κ2) is 13.2. The van der Waals surface area contributed by atoms with Crippen molar-refractivity contribution in [3.8, 4) is 5.88 Å². The largest absolute Gasteiger partial charge is 0.481 e. The molecule has 1 atom stereocenters. The van der Waals surface area contributed by atoms with Crippen molar-refractivity contribution in [2.75, 3.05) is 42.7 Å². The lowest BCUT2D eigenvalue weighted by molar-refractivity contribution is -0.137. The summed E-state index contributed by atoms with van der Waals surface area (Å²) >= 11 is 1.47. The van der Waals surface area contributed by atoms with E-state index in [1.165, 1.54) is 11.8 Å². The van der Waals surface area contributed by atoms with Gasteiger partial charge in [-0.1, -0.05) is 0 Å². The summed E-state index contributed by atoms with van der Waals surface area (Å²) in [5.74, 6) is -0.0549. The molecule has 5 rings (SSSR count). The first kappa shape index (κ1) is 29.4. The lowest BCUT2D eigenvalue weighted by Crippen LogP contribution is -2.28. The van der Waals surface area contributed by atoms with E-state index in [-0.39, 0.29) is 30.8 Å². The zero-order chi connectivity index (χ0) is 27.4. The van der Waals surface area contributed by atoms with Crippen LogP contribution in [-0.4, -0.2) is 76.5 Å². The van der Waals surface area contributed by atoms with Crippen molar-refractivity contribution < 1.29 is 29.0 Å². The van der Waals surface area contributed by atoms with Crippen LogP contribution in [0.2, 0.25) is 0 Å². The third-order valence-corrected chi connectivity index (χ3v) is 7.74. The molecule has 0 aliphatic carbocycles. The van der Waals surface area contributed by atoms with Crippen molar-refractivity contribution in [3.63, 3.8) is 0 Å². The standard InChI is InChI=1S/C27H29N5O6S.ClH/c1-37-24-7-5-20-26(30-24)17(8-10-28-20)14-31(12-9-25(34)35)11-2-3-19-15-32(27(36)38-19)18-4-6-22-21(13-18)29-23(33)16-39-22;/h4-8,10,13,19H,2-3,9,11-12,14-16H2,1H3,(H,29,33)(H,34,35);1H. The highest BCUT2D eigenvalue weighted by atomic mass is 35.5. The van der Waals surface area contributed by atoms with Gasteiger partial charge in [0.2, 0.25) is 11.8 Å². The minimum absolute atomic E-state index is 0. The quantitative estimate of drug-likeness (QED) is 0.336. The number of fused-ring (bicyclic) bond motifs is 2. The van der Waals surface area contributed by atoms with Crippen molar-refractivity contribution in [3.05, 3.63) is 48.2 Å². The first-order valence-corrected chi connectivity index (χ1v) is 13.7. The van der Waals surface area contributed by atoms with Crippen LogP contribution in [0, 0.1) is 0 Å². The number of aromatic nitrogens is 2. The molecule has 0 radical (unpaired) electrons. The van der Waals surface area contributed by atoms with Gasteiger partial charge in [0.1, 0.15) is 6.10 Å². The van der Waals surface area contributed by atoms with Crippen LogP contribution in [0.15, 0.2) is 47.5 Å². The van der Waals surface area contributed by atoms with Gasteiger partial charge in [-0.15, -0.1) is 24.2 Å². The van der Waals surface area contributed by atoms with E-state index in [4.69, 9.17) is 9.47 Å². The zero-order valence-corrected chi connectivity index (χ0v) is 23.5. The van der Waals surface area contributed by atoms with Gasteiger partial charge >= 0.3 is 12.1 Å². The first-order valence-electron chi connectivity index (χ1n) is 12.7. The highest BCUT2D eigenvalue weighted by Crippen LogP contribution is 2.35. The number of amides is 2. The number of aliphatic carboxylic acids is 1. The number of halogens is 1. The molecule has 212 valence electrons. The summed E-state index contributed by atoms with van der Waals surface area (Å²) in [6, 6.07) is 11.1. The van der Waals surface area contributed by atoms with Crippen molar-refractivity contribution >= 4 is 64.5 Å². The topological polar surface area (TPSA) is 134 Å². The first-order chi connectivity index (χ1) is 18.9. The summed E-state index contributed by atoms with van der Waals surface area (Å²) in [6.07, 6.45) is 2.37. The summed E-state index contributed by atoms with van der Waals surface area (Å²) in [6.45, 7) is 1.91. The average molecular weight is 588 g/mol. The maximum atomic E-state index is 12.6. The Morgan fingerprint density at radius 1 is 1.25 bits per heavy atom. The van der Waals surface area contributed by atoms with Gasteiger partial charge in [0.15, 0.2) is 0 Å². The number of rotatable bonds is 11. The molecule has 0 bridgehead atoms. The lowest BCUT2D eigenvalue weighted by atomic mass is 10.1. The minimum Gasteiger partial charge on any atom is -0.481 e. The predicted octanol–water partition coefficient (Wildman–Crippen LogP) is 4.19. The Bertz CT molecular complexity index is 1410. The minimum atomic E-state index is -0.862. The molecular weight excluding hydrogens is 558 g/mol. The van der Waals surface area contributed by atoms with Crippen molar-refractivity contribution in [1.82, 2.24) is 14.9 Å². The molecule has 2 aliphatic rings. The Morgan fingerprint density at radius 3 is 2.90 bits per heavy atom. The molecule has 11 nitrogen and oxygen atoms in total. The molecule has 0 spiro atoms. The highest BCUT2D eigenvalue weighted by molar-refractivity contribution is 8.00. The fraction of sp³-hybridized carbons (Fsp3) is 0.370. The number of ether oxygens (including phenoxy) is 2. The van der Waals surface area contributed by atoms with E-state index in [0.29, 0.717) is 62.0 Å². The fourth-order valence-corrected chi connectivity index (χ4v) is 5.52. The van der Waals surface area contributed by atoms with Crippen molar-refractivity contribution in [1.29, 1.82) is 0 Å². The average Bonchev–Trinajstić information content (AvgIpc) is 3.31. The number of methoxy groups -OCH3 is 1. The zero-order valence-electron chi connectivity index (χ0n) is 21.9. The molecule has 2 amide bonds. The number of carboxylic acid groups (broad SMARTS) is 1. The number of carbonyl (C=O) groups excluding carboxylic acids is 2. The number of nitrogens with one attached hydrogen (secondary N) is 1. The van der Waals surface area contributed by atoms with Crippen LogP contribution in [0.4, 0.5) is 16.2 Å². The van der Waals surface area contributed by atoms with Gasteiger partial charge in [-0.2, -0.15) is 0 Å². The van der Waals surface area contributed by atoms with E-state index in [1.807, 2.05) is 24.3 Å². The molecule has 0 saturated carbocycles. The highest BCUT2D eigenvalue weighted by Gasteiger charge is 2.32. The summed E-state index contributed by atoms with van der Waals surface area (Å²) in [5.41, 5.74) is 3.77. The van der Waals surface area contributed by atoms with E-state index in [2.05, 4.69) is 20.2 Å². The molecule has 13 heteroatoms. The fourth-order valence-electron chi connectivity index (χ4n) is 4.73. The molecule has 3 aromatic rings. The smallest absolute Gasteiger partial charge is 0.414 e. The number of hydrogen-bond acceptors (Lipinski definition) is 9. The third kappa shape index (κ3) is 6.93. The number of thioether (sulfide) groups is 1. The Morgan fingerprint density at radius 2 is 2.10 bits per heavy atom. The van der Waals surface area contributed by atoms with Gasteiger partial charge < -0.3 is 19.9 Å². The molecule has 2 N–H and O–H groups in total. The van der Waals surface area contributed by atoms with Crippen molar-refractivity contribution in [2.24, 2.45) is 0 Å². The van der Waals surface area contributed by atoms with Crippen LogP contribution in [-0.2, 0) is 20.9 Å². The van der Waals surface area contributed by atoms with E-state index < -0.39 is 12.1 Å². The summed E-state index contributed by atoms with van der Waals surface area (Å²) in [7, 11) is 1.56. The molecule has 1 saturated heterocycles. The maximum Gasteiger partial charge on any atom is 0.414 e. The SMILES string of the molecule is COc1ccc2nccc(CN(CCCC3CN(c4ccc5c(c4)NC(=O)CS5)C(=O)O3)CCC(=O)O)c2n1.Cl. The molecule has 4 heterocycles. The van der Waals surface area contributed by atoms with Gasteiger partial charge in [-0.25, -0.2) is 9.78 Å². The van der Waals surface area contributed by atoms with Crippen LogP contribution in [0.1, 0.15) is 24.8 Å². The lowest BCUT2D eigenvalue weighted by Gasteiger charge is -2.23. The molecular formula is C27H30ClN5O6S. The van der Waals surface area contributed by atoms with E-state index in [9.17, 15) is 19.5 Å². The van der Waals surface area contributed by atoms with E-state index in [0.717, 1.165) is 21.5 Å². The Hall–Kier alpha value is -3.61. The molecule has 1 fully saturated rings. The van der Waals surface area contributed by atoms with Crippen molar-refractivity contribution in [2.45, 2.75) is 36.8 Å². The third-order valence-electron chi connectivity index (χ3n) is 6.67. The normalized spacial score (nSPS) is 16.4. The maximum absolute atomic E-state index is 12.6. The van der Waals surface area contributed by atoms with Crippen LogP contribution >= 0.6 is 24.2 Å². The predicted molar refractivity (Wildman–Crippen MR) is 154 cm³/mol. The van der Waals surface area contributed by atoms with Gasteiger partial charge in [-0.05, 0) is 55.3 Å². The molecule has 1 unspecified atom stereocenters. The van der Waals surface area contributed by atoms with Gasteiger partial charge in [0.25, 0.3) is 0 Å². The van der Waals surface area contributed by atoms with E-state index in [1.54, 1.807) is 30.3 Å². The summed E-state index contributed by atoms with van der Waals surface area (Å²) in [4.78, 5) is 49.2. The second-order valence-electron chi connectivity index (χ2n) is 9.39. The second-order valence-corrected chi connectivity index (χ2v) is 10.4. The Kier molecular flexibility index (Phi) is 9.67.